The molecule has 17 heavy (non-hydrogen) atoms. The Morgan fingerprint density at radius 3 is 2.71 bits per heavy atom. The Kier molecular flexibility index (Phi) is 4.40. The van der Waals surface area contributed by atoms with Crippen molar-refractivity contribution in [2.75, 3.05) is 13.1 Å². The minimum Gasteiger partial charge on any atom is -0.491 e. The van der Waals surface area contributed by atoms with Crippen molar-refractivity contribution in [2.45, 2.75) is 39.0 Å². The predicted molar refractivity (Wildman–Crippen MR) is 70.3 cm³/mol. The first kappa shape index (κ1) is 12.4. The van der Waals surface area contributed by atoms with Crippen LogP contribution in [0.5, 0.6) is 5.75 Å². The standard InChI is InChI=1S/C14H22N2O/c1-11(2)17-14-5-3-12(4-6-14)9-16-13-7-8-15-10-13/h3-6,11,13,15-16H,7-10H2,1-2H3/t13-/m1/s1. The van der Waals surface area contributed by atoms with Gasteiger partial charge in [0.05, 0.1) is 6.10 Å². The molecule has 0 unspecified atom stereocenters. The van der Waals surface area contributed by atoms with E-state index >= 15 is 0 Å². The van der Waals surface area contributed by atoms with E-state index in [4.69, 9.17) is 4.74 Å². The second-order valence-corrected chi connectivity index (χ2v) is 4.88. The fourth-order valence-electron chi connectivity index (χ4n) is 2.05. The van der Waals surface area contributed by atoms with Crippen LogP contribution in [0.25, 0.3) is 0 Å². The van der Waals surface area contributed by atoms with E-state index in [0.717, 1.165) is 25.4 Å². The summed E-state index contributed by atoms with van der Waals surface area (Å²) in [5, 5.41) is 6.91. The van der Waals surface area contributed by atoms with Gasteiger partial charge >= 0.3 is 0 Å². The molecule has 1 aromatic carbocycles. The lowest BCUT2D eigenvalue weighted by molar-refractivity contribution is 0.242. The topological polar surface area (TPSA) is 33.3 Å². The predicted octanol–water partition coefficient (Wildman–Crippen LogP) is 1.93. The quantitative estimate of drug-likeness (QED) is 0.816. The number of ether oxygens (including phenoxy) is 1. The molecule has 94 valence electrons. The van der Waals surface area contributed by atoms with E-state index in [1.54, 1.807) is 0 Å². The van der Waals surface area contributed by atoms with Gasteiger partial charge in [-0.2, -0.15) is 0 Å². The summed E-state index contributed by atoms with van der Waals surface area (Å²) in [5.41, 5.74) is 1.31. The van der Waals surface area contributed by atoms with Crippen LogP contribution in [0, 0.1) is 0 Å². The highest BCUT2D eigenvalue weighted by atomic mass is 16.5. The van der Waals surface area contributed by atoms with Gasteiger partial charge in [0.1, 0.15) is 5.75 Å². The highest BCUT2D eigenvalue weighted by molar-refractivity contribution is 5.27. The van der Waals surface area contributed by atoms with Crippen molar-refractivity contribution in [3.8, 4) is 5.75 Å². The van der Waals surface area contributed by atoms with Crippen molar-refractivity contribution in [1.29, 1.82) is 0 Å². The summed E-state index contributed by atoms with van der Waals surface area (Å²) in [4.78, 5) is 0. The van der Waals surface area contributed by atoms with Gasteiger partial charge in [-0.05, 0) is 44.5 Å². The second kappa shape index (κ2) is 6.03. The maximum absolute atomic E-state index is 5.62. The highest BCUT2D eigenvalue weighted by Gasteiger charge is 2.12. The molecule has 1 aromatic rings. The molecule has 3 nitrogen and oxygen atoms in total. The molecule has 1 saturated heterocycles. The van der Waals surface area contributed by atoms with Gasteiger partial charge in [-0.1, -0.05) is 12.1 Å². The van der Waals surface area contributed by atoms with E-state index in [9.17, 15) is 0 Å². The van der Waals surface area contributed by atoms with Crippen LogP contribution >= 0.6 is 0 Å². The smallest absolute Gasteiger partial charge is 0.119 e. The fourth-order valence-corrected chi connectivity index (χ4v) is 2.05. The van der Waals surface area contributed by atoms with Crippen LogP contribution in [-0.2, 0) is 6.54 Å². The zero-order valence-electron chi connectivity index (χ0n) is 10.7. The monoisotopic (exact) mass is 234 g/mol. The Hall–Kier alpha value is -1.06. The zero-order valence-corrected chi connectivity index (χ0v) is 10.7. The maximum Gasteiger partial charge on any atom is 0.119 e. The van der Waals surface area contributed by atoms with Crippen LogP contribution in [0.2, 0.25) is 0 Å². The number of nitrogens with one attached hydrogen (secondary N) is 2. The summed E-state index contributed by atoms with van der Waals surface area (Å²) < 4.78 is 5.62. The van der Waals surface area contributed by atoms with Gasteiger partial charge in [0.2, 0.25) is 0 Å². The second-order valence-electron chi connectivity index (χ2n) is 4.88. The van der Waals surface area contributed by atoms with Crippen molar-refractivity contribution in [2.24, 2.45) is 0 Å². The number of rotatable bonds is 5. The fraction of sp³-hybridized carbons (Fsp3) is 0.571. The molecular formula is C14H22N2O. The molecule has 0 aliphatic carbocycles. The molecule has 0 amide bonds. The summed E-state index contributed by atoms with van der Waals surface area (Å²) in [7, 11) is 0. The average molecular weight is 234 g/mol. The molecule has 0 bridgehead atoms. The molecule has 0 radical (unpaired) electrons. The van der Waals surface area contributed by atoms with Crippen molar-refractivity contribution in [3.63, 3.8) is 0 Å². The molecule has 1 heterocycles. The lowest BCUT2D eigenvalue weighted by Gasteiger charge is -2.12. The number of hydrogen-bond acceptors (Lipinski definition) is 3. The van der Waals surface area contributed by atoms with Gasteiger partial charge in [-0.15, -0.1) is 0 Å². The molecule has 0 saturated carbocycles. The molecule has 1 atom stereocenters. The molecule has 3 heteroatoms. The van der Waals surface area contributed by atoms with Crippen molar-refractivity contribution in [1.82, 2.24) is 10.6 Å². The van der Waals surface area contributed by atoms with Crippen LogP contribution in [0.15, 0.2) is 24.3 Å². The van der Waals surface area contributed by atoms with E-state index in [1.807, 2.05) is 26.0 Å². The first-order chi connectivity index (χ1) is 8.24. The Morgan fingerprint density at radius 1 is 1.35 bits per heavy atom. The SMILES string of the molecule is CC(C)Oc1ccc(CN[C@@H]2CCNC2)cc1. The van der Waals surface area contributed by atoms with E-state index in [-0.39, 0.29) is 6.10 Å². The van der Waals surface area contributed by atoms with Crippen LogP contribution < -0.4 is 15.4 Å². The normalized spacial score (nSPS) is 19.8. The molecule has 0 spiro atoms. The Morgan fingerprint density at radius 2 is 2.12 bits per heavy atom. The first-order valence-corrected chi connectivity index (χ1v) is 6.44. The minimum atomic E-state index is 0.239. The van der Waals surface area contributed by atoms with Gasteiger partial charge in [0, 0.05) is 19.1 Å². The molecule has 1 fully saturated rings. The maximum atomic E-state index is 5.62. The lowest BCUT2D eigenvalue weighted by atomic mass is 10.2. The Balaban J connectivity index is 1.80. The molecule has 0 aromatic heterocycles. The summed E-state index contributed by atoms with van der Waals surface area (Å²) in [6.07, 6.45) is 1.47. The lowest BCUT2D eigenvalue weighted by Crippen LogP contribution is -2.30. The van der Waals surface area contributed by atoms with E-state index in [1.165, 1.54) is 12.0 Å². The van der Waals surface area contributed by atoms with Crippen molar-refractivity contribution >= 4 is 0 Å². The van der Waals surface area contributed by atoms with E-state index in [2.05, 4.69) is 22.8 Å². The van der Waals surface area contributed by atoms with Gasteiger partial charge in [0.15, 0.2) is 0 Å². The van der Waals surface area contributed by atoms with E-state index in [0.29, 0.717) is 6.04 Å². The molecule has 1 aliphatic heterocycles. The molecule has 2 N–H and O–H groups in total. The van der Waals surface area contributed by atoms with Crippen LogP contribution in [0.4, 0.5) is 0 Å². The van der Waals surface area contributed by atoms with Gasteiger partial charge in [-0.3, -0.25) is 0 Å². The van der Waals surface area contributed by atoms with Gasteiger partial charge in [-0.25, -0.2) is 0 Å². The van der Waals surface area contributed by atoms with Gasteiger partial charge in [0.25, 0.3) is 0 Å². The zero-order chi connectivity index (χ0) is 12.1. The molecular weight excluding hydrogens is 212 g/mol. The third-order valence-corrected chi connectivity index (χ3v) is 2.95. The average Bonchev–Trinajstić information content (AvgIpc) is 2.80. The third-order valence-electron chi connectivity index (χ3n) is 2.95. The van der Waals surface area contributed by atoms with Crippen molar-refractivity contribution in [3.05, 3.63) is 29.8 Å². The Labute approximate surface area is 104 Å². The first-order valence-electron chi connectivity index (χ1n) is 6.44. The summed E-state index contributed by atoms with van der Waals surface area (Å²) >= 11 is 0. The van der Waals surface area contributed by atoms with Crippen molar-refractivity contribution < 1.29 is 4.74 Å². The number of benzene rings is 1. The molecule has 2 rings (SSSR count). The van der Waals surface area contributed by atoms with Gasteiger partial charge < -0.3 is 15.4 Å². The molecule has 1 aliphatic rings. The van der Waals surface area contributed by atoms with Crippen LogP contribution in [0.3, 0.4) is 0 Å². The third kappa shape index (κ3) is 4.02. The van der Waals surface area contributed by atoms with Crippen LogP contribution in [-0.4, -0.2) is 25.2 Å². The number of hydrogen-bond donors (Lipinski definition) is 2. The largest absolute Gasteiger partial charge is 0.491 e. The minimum absolute atomic E-state index is 0.239. The summed E-state index contributed by atoms with van der Waals surface area (Å²) in [5.74, 6) is 0.950. The summed E-state index contributed by atoms with van der Waals surface area (Å²) in [6, 6.07) is 8.98. The highest BCUT2D eigenvalue weighted by Crippen LogP contribution is 2.14. The van der Waals surface area contributed by atoms with E-state index < -0.39 is 0 Å². The summed E-state index contributed by atoms with van der Waals surface area (Å²) in [6.45, 7) is 7.26. The van der Waals surface area contributed by atoms with Crippen LogP contribution in [0.1, 0.15) is 25.8 Å². The Bertz CT molecular complexity index is 329.